The van der Waals surface area contributed by atoms with Crippen LogP contribution in [0.3, 0.4) is 0 Å². The van der Waals surface area contributed by atoms with E-state index in [0.29, 0.717) is 16.6 Å². The standard InChI is InChI=1S/C25H22FN5O/c26-23-16-28-24-13-17(6-7-22(23)24)29-18-12-19(15-27)30-25(14-18)31-10-8-21(9-11-31)32-20-4-2-1-3-5-20/h1-7,12-14,16,21,28H,8-11H2,(H,29,30). The summed E-state index contributed by atoms with van der Waals surface area (Å²) in [6.07, 6.45) is 3.27. The molecule has 0 unspecified atom stereocenters. The number of rotatable bonds is 5. The van der Waals surface area contributed by atoms with E-state index in [1.54, 1.807) is 12.1 Å². The van der Waals surface area contributed by atoms with Gasteiger partial charge in [0.2, 0.25) is 0 Å². The molecule has 1 fully saturated rings. The van der Waals surface area contributed by atoms with Gasteiger partial charge in [-0.1, -0.05) is 18.2 Å². The third-order valence-electron chi connectivity index (χ3n) is 5.66. The normalized spacial score (nSPS) is 14.3. The lowest BCUT2D eigenvalue weighted by atomic mass is 10.1. The van der Waals surface area contributed by atoms with Crippen LogP contribution in [0.5, 0.6) is 5.75 Å². The first-order chi connectivity index (χ1) is 15.7. The number of piperidine rings is 1. The molecule has 0 spiro atoms. The van der Waals surface area contributed by atoms with Gasteiger partial charge in [-0.05, 0) is 36.4 Å². The molecule has 32 heavy (non-hydrogen) atoms. The number of nitriles is 1. The Morgan fingerprint density at radius 1 is 1.06 bits per heavy atom. The summed E-state index contributed by atoms with van der Waals surface area (Å²) < 4.78 is 19.8. The van der Waals surface area contributed by atoms with Gasteiger partial charge in [0.15, 0.2) is 0 Å². The van der Waals surface area contributed by atoms with Crippen LogP contribution >= 0.6 is 0 Å². The van der Waals surface area contributed by atoms with Crippen LogP contribution in [0.2, 0.25) is 0 Å². The molecule has 0 bridgehead atoms. The van der Waals surface area contributed by atoms with Gasteiger partial charge >= 0.3 is 0 Å². The molecule has 2 N–H and O–H groups in total. The highest BCUT2D eigenvalue weighted by Crippen LogP contribution is 2.28. The summed E-state index contributed by atoms with van der Waals surface area (Å²) in [5.74, 6) is 1.38. The fourth-order valence-electron chi connectivity index (χ4n) is 4.04. The number of hydrogen-bond acceptors (Lipinski definition) is 5. The number of ether oxygens (including phenoxy) is 1. The number of para-hydroxylation sites is 1. The monoisotopic (exact) mass is 427 g/mol. The molecule has 1 saturated heterocycles. The molecule has 0 radical (unpaired) electrons. The molecule has 160 valence electrons. The summed E-state index contributed by atoms with van der Waals surface area (Å²) in [5, 5.41) is 13.3. The van der Waals surface area contributed by atoms with E-state index in [9.17, 15) is 9.65 Å². The minimum Gasteiger partial charge on any atom is -0.490 e. The zero-order valence-corrected chi connectivity index (χ0v) is 17.4. The number of nitrogens with one attached hydrogen (secondary N) is 2. The Hall–Kier alpha value is -4.05. The number of benzene rings is 2. The molecule has 0 aliphatic carbocycles. The van der Waals surface area contributed by atoms with Crippen LogP contribution in [0.4, 0.5) is 21.6 Å². The van der Waals surface area contributed by atoms with E-state index in [1.807, 2.05) is 48.5 Å². The van der Waals surface area contributed by atoms with Crippen LogP contribution in [0.1, 0.15) is 18.5 Å². The van der Waals surface area contributed by atoms with E-state index in [0.717, 1.165) is 48.9 Å². The van der Waals surface area contributed by atoms with Crippen LogP contribution in [-0.2, 0) is 0 Å². The highest BCUT2D eigenvalue weighted by molar-refractivity contribution is 5.84. The van der Waals surface area contributed by atoms with Crippen LogP contribution in [0.25, 0.3) is 10.9 Å². The Kier molecular flexibility index (Phi) is 5.34. The maximum Gasteiger partial charge on any atom is 0.148 e. The van der Waals surface area contributed by atoms with Crippen molar-refractivity contribution in [1.82, 2.24) is 9.97 Å². The van der Waals surface area contributed by atoms with Crippen molar-refractivity contribution in [2.24, 2.45) is 0 Å². The molecule has 2 aromatic carbocycles. The number of fused-ring (bicyclic) bond motifs is 1. The summed E-state index contributed by atoms with van der Waals surface area (Å²) in [5.41, 5.74) is 2.62. The SMILES string of the molecule is N#Cc1cc(Nc2ccc3c(F)c[nH]c3c2)cc(N2CCC(Oc3ccccc3)CC2)n1. The first-order valence-electron chi connectivity index (χ1n) is 10.6. The molecular weight excluding hydrogens is 405 g/mol. The van der Waals surface area contributed by atoms with Crippen molar-refractivity contribution in [1.29, 1.82) is 5.26 Å². The molecule has 4 aromatic rings. The molecule has 0 atom stereocenters. The van der Waals surface area contributed by atoms with Gasteiger partial charge < -0.3 is 19.9 Å². The fraction of sp³-hybridized carbons (Fsp3) is 0.200. The molecule has 7 heteroatoms. The lowest BCUT2D eigenvalue weighted by Gasteiger charge is -2.33. The average Bonchev–Trinajstić information content (AvgIpc) is 3.20. The number of halogens is 1. The van der Waals surface area contributed by atoms with E-state index >= 15 is 0 Å². The van der Waals surface area contributed by atoms with Gasteiger partial charge in [-0.15, -0.1) is 0 Å². The summed E-state index contributed by atoms with van der Waals surface area (Å²) >= 11 is 0. The maximum atomic E-state index is 13.7. The quantitative estimate of drug-likeness (QED) is 0.448. The Bertz CT molecular complexity index is 1270. The number of aromatic amines is 1. The Morgan fingerprint density at radius 3 is 2.66 bits per heavy atom. The topological polar surface area (TPSA) is 77.0 Å². The minimum atomic E-state index is -0.274. The highest BCUT2D eigenvalue weighted by Gasteiger charge is 2.22. The van der Waals surface area contributed by atoms with Crippen LogP contribution in [-0.4, -0.2) is 29.2 Å². The van der Waals surface area contributed by atoms with Gasteiger partial charge in [-0.25, -0.2) is 9.37 Å². The van der Waals surface area contributed by atoms with Gasteiger partial charge in [-0.2, -0.15) is 5.26 Å². The zero-order valence-electron chi connectivity index (χ0n) is 17.4. The summed E-state index contributed by atoms with van der Waals surface area (Å²) in [6, 6.07) is 21.1. The molecule has 2 aromatic heterocycles. The number of pyridine rings is 1. The van der Waals surface area contributed by atoms with Crippen LogP contribution in [0, 0.1) is 17.1 Å². The number of anilines is 3. The smallest absolute Gasteiger partial charge is 0.148 e. The first kappa shape index (κ1) is 19.9. The lowest BCUT2D eigenvalue weighted by Crippen LogP contribution is -2.38. The lowest BCUT2D eigenvalue weighted by molar-refractivity contribution is 0.170. The van der Waals surface area contributed by atoms with Gasteiger partial charge in [0, 0.05) is 55.0 Å². The van der Waals surface area contributed by atoms with Gasteiger partial charge in [0.1, 0.15) is 35.3 Å². The Balaban J connectivity index is 1.30. The minimum absolute atomic E-state index is 0.165. The number of H-pyrrole nitrogens is 1. The Morgan fingerprint density at radius 2 is 1.88 bits per heavy atom. The van der Waals surface area contributed by atoms with Crippen molar-refractivity contribution in [2.75, 3.05) is 23.3 Å². The third kappa shape index (κ3) is 4.21. The highest BCUT2D eigenvalue weighted by atomic mass is 19.1. The van der Waals surface area contributed by atoms with Gasteiger partial charge in [-0.3, -0.25) is 0 Å². The molecule has 1 aliphatic rings. The average molecular weight is 427 g/mol. The van der Waals surface area contributed by atoms with Gasteiger partial charge in [0.25, 0.3) is 0 Å². The first-order valence-corrected chi connectivity index (χ1v) is 10.6. The number of aromatic nitrogens is 2. The van der Waals surface area contributed by atoms with E-state index in [2.05, 4.69) is 26.3 Å². The van der Waals surface area contributed by atoms with E-state index in [-0.39, 0.29) is 11.9 Å². The van der Waals surface area contributed by atoms with Crippen molar-refractivity contribution in [3.05, 3.63) is 78.4 Å². The van der Waals surface area contributed by atoms with Crippen LogP contribution in [0.15, 0.2) is 66.9 Å². The van der Waals surface area contributed by atoms with Crippen molar-refractivity contribution in [2.45, 2.75) is 18.9 Å². The summed E-state index contributed by atoms with van der Waals surface area (Å²) in [7, 11) is 0. The van der Waals surface area contributed by atoms with Gasteiger partial charge in [0.05, 0.1) is 5.52 Å². The predicted molar refractivity (Wildman–Crippen MR) is 123 cm³/mol. The van der Waals surface area contributed by atoms with Crippen LogP contribution < -0.4 is 15.0 Å². The van der Waals surface area contributed by atoms with Crippen molar-refractivity contribution in [3.63, 3.8) is 0 Å². The zero-order chi connectivity index (χ0) is 21.9. The molecule has 3 heterocycles. The number of hydrogen-bond donors (Lipinski definition) is 2. The predicted octanol–water partition coefficient (Wildman–Crippen LogP) is 5.37. The van der Waals surface area contributed by atoms with Crippen molar-refractivity contribution < 1.29 is 9.13 Å². The van der Waals surface area contributed by atoms with E-state index in [1.165, 1.54) is 6.20 Å². The molecule has 5 rings (SSSR count). The fourth-order valence-corrected chi connectivity index (χ4v) is 4.04. The van der Waals surface area contributed by atoms with E-state index in [4.69, 9.17) is 4.74 Å². The molecule has 1 aliphatic heterocycles. The largest absolute Gasteiger partial charge is 0.490 e. The molecule has 6 nitrogen and oxygen atoms in total. The Labute approximate surface area is 185 Å². The second-order valence-corrected chi connectivity index (χ2v) is 7.85. The molecular formula is C25H22FN5O. The second-order valence-electron chi connectivity index (χ2n) is 7.85. The van der Waals surface area contributed by atoms with Crippen molar-refractivity contribution >= 4 is 28.1 Å². The summed E-state index contributed by atoms with van der Waals surface area (Å²) in [6.45, 7) is 1.60. The number of nitrogens with zero attached hydrogens (tertiary/aromatic N) is 3. The third-order valence-corrected chi connectivity index (χ3v) is 5.66. The molecule has 0 amide bonds. The summed E-state index contributed by atoms with van der Waals surface area (Å²) in [4.78, 5) is 9.61. The van der Waals surface area contributed by atoms with Crippen molar-refractivity contribution in [3.8, 4) is 11.8 Å². The maximum absolute atomic E-state index is 13.7. The second kappa shape index (κ2) is 8.60. The van der Waals surface area contributed by atoms with E-state index < -0.39 is 0 Å². The molecule has 0 saturated carbocycles.